The van der Waals surface area contributed by atoms with E-state index in [1.807, 2.05) is 36.4 Å². The Morgan fingerprint density at radius 1 is 1.09 bits per heavy atom. The van der Waals surface area contributed by atoms with Crippen LogP contribution < -0.4 is 4.74 Å². The summed E-state index contributed by atoms with van der Waals surface area (Å²) in [7, 11) is 1.54. The number of ether oxygens (including phenoxy) is 2. The molecule has 1 fully saturated rings. The average molecular weight is 463 g/mol. The highest BCUT2D eigenvalue weighted by Crippen LogP contribution is 2.42. The number of fused-ring (bicyclic) bond motifs is 1. The number of para-hydroxylation sites is 2. The monoisotopic (exact) mass is 462 g/mol. The topological polar surface area (TPSA) is 92.5 Å². The van der Waals surface area contributed by atoms with Crippen LogP contribution in [0.1, 0.15) is 22.2 Å². The molecule has 1 aromatic heterocycles. The van der Waals surface area contributed by atoms with Crippen LogP contribution in [0.3, 0.4) is 0 Å². The maximum atomic E-state index is 13.6. The summed E-state index contributed by atoms with van der Waals surface area (Å²) in [5.74, 6) is -1.05. The van der Waals surface area contributed by atoms with Crippen LogP contribution in [-0.4, -0.2) is 73.1 Å². The van der Waals surface area contributed by atoms with Crippen LogP contribution in [0.2, 0.25) is 0 Å². The van der Waals surface area contributed by atoms with E-state index in [1.54, 1.807) is 23.1 Å². The van der Waals surface area contributed by atoms with Gasteiger partial charge in [-0.05, 0) is 18.2 Å². The van der Waals surface area contributed by atoms with Gasteiger partial charge in [-0.15, -0.1) is 0 Å². The molecule has 8 heteroatoms. The summed E-state index contributed by atoms with van der Waals surface area (Å²) in [4.78, 5) is 30.6. The van der Waals surface area contributed by atoms with Gasteiger partial charge in [0, 0.05) is 37.1 Å². The Morgan fingerprint density at radius 2 is 1.82 bits per heavy atom. The zero-order valence-electron chi connectivity index (χ0n) is 18.9. The van der Waals surface area contributed by atoms with Crippen molar-refractivity contribution < 1.29 is 28.6 Å². The number of morpholine rings is 1. The zero-order valence-corrected chi connectivity index (χ0v) is 18.9. The number of amides is 1. The third-order valence-electron chi connectivity index (χ3n) is 6.39. The lowest BCUT2D eigenvalue weighted by Crippen LogP contribution is -2.43. The number of aliphatic hydroxyl groups excluding tert-OH is 1. The first-order valence-electron chi connectivity index (χ1n) is 11.3. The lowest BCUT2D eigenvalue weighted by Gasteiger charge is -2.32. The number of methoxy groups -OCH3 is 1. The molecule has 2 aliphatic heterocycles. The second-order valence-corrected chi connectivity index (χ2v) is 8.34. The summed E-state index contributed by atoms with van der Waals surface area (Å²) in [6.07, 6.45) is 0. The predicted octanol–water partition coefficient (Wildman–Crippen LogP) is 3.35. The highest BCUT2D eigenvalue weighted by atomic mass is 16.5. The first kappa shape index (κ1) is 22.2. The van der Waals surface area contributed by atoms with Gasteiger partial charge in [-0.25, -0.2) is 0 Å². The van der Waals surface area contributed by atoms with Gasteiger partial charge in [-0.3, -0.25) is 14.5 Å². The lowest BCUT2D eigenvalue weighted by atomic mass is 9.94. The molecular weight excluding hydrogens is 436 g/mol. The molecular formula is C26H26N2O6. The van der Waals surface area contributed by atoms with Crippen LogP contribution in [0, 0.1) is 0 Å². The fraction of sp³-hybridized carbons (Fsp3) is 0.308. The van der Waals surface area contributed by atoms with E-state index >= 15 is 0 Å². The molecule has 0 aliphatic carbocycles. The van der Waals surface area contributed by atoms with Gasteiger partial charge in [0.05, 0.1) is 31.9 Å². The van der Waals surface area contributed by atoms with E-state index in [9.17, 15) is 14.7 Å². The summed E-state index contributed by atoms with van der Waals surface area (Å²) in [5.41, 5.74) is 1.19. The molecule has 0 bridgehead atoms. The van der Waals surface area contributed by atoms with E-state index in [0.717, 1.165) is 18.5 Å². The van der Waals surface area contributed by atoms with Gasteiger partial charge in [0.1, 0.15) is 11.3 Å². The van der Waals surface area contributed by atoms with Crippen molar-refractivity contribution in [3.05, 3.63) is 77.3 Å². The molecule has 3 aromatic rings. The number of benzene rings is 2. The van der Waals surface area contributed by atoms with Crippen molar-refractivity contribution in [2.24, 2.45) is 0 Å². The maximum absolute atomic E-state index is 13.6. The van der Waals surface area contributed by atoms with Crippen LogP contribution in [0.15, 0.2) is 70.3 Å². The highest BCUT2D eigenvalue weighted by molar-refractivity contribution is 6.16. The Bertz CT molecular complexity index is 1220. The molecule has 2 aliphatic rings. The Balaban J connectivity index is 1.53. The number of hydrogen-bond donors (Lipinski definition) is 1. The van der Waals surface area contributed by atoms with Crippen molar-refractivity contribution in [3.8, 4) is 5.75 Å². The molecule has 0 spiro atoms. The number of ketones is 1. The molecule has 8 nitrogen and oxygen atoms in total. The van der Waals surface area contributed by atoms with Gasteiger partial charge in [0.25, 0.3) is 5.91 Å². The molecule has 3 heterocycles. The second kappa shape index (κ2) is 9.32. The largest absolute Gasteiger partial charge is 0.503 e. The molecule has 1 N–H and O–H groups in total. The predicted molar refractivity (Wildman–Crippen MR) is 125 cm³/mol. The Hall–Kier alpha value is -3.62. The molecule has 5 rings (SSSR count). The van der Waals surface area contributed by atoms with Crippen molar-refractivity contribution >= 4 is 22.7 Å². The molecule has 0 saturated carbocycles. The number of aliphatic hydroxyl groups is 1. The minimum absolute atomic E-state index is 0.00414. The van der Waals surface area contributed by atoms with Gasteiger partial charge in [0.2, 0.25) is 5.78 Å². The second-order valence-electron chi connectivity index (χ2n) is 8.34. The molecule has 1 saturated heterocycles. The van der Waals surface area contributed by atoms with Crippen LogP contribution in [-0.2, 0) is 9.53 Å². The van der Waals surface area contributed by atoms with Gasteiger partial charge in [0.15, 0.2) is 11.5 Å². The maximum Gasteiger partial charge on any atom is 0.290 e. The Kier molecular flexibility index (Phi) is 6.08. The fourth-order valence-electron chi connectivity index (χ4n) is 4.63. The van der Waals surface area contributed by atoms with Crippen molar-refractivity contribution in [1.29, 1.82) is 0 Å². The van der Waals surface area contributed by atoms with Crippen LogP contribution >= 0.6 is 0 Å². The Morgan fingerprint density at radius 3 is 2.59 bits per heavy atom. The van der Waals surface area contributed by atoms with Gasteiger partial charge >= 0.3 is 0 Å². The summed E-state index contributed by atoms with van der Waals surface area (Å²) >= 11 is 0. The first-order valence-corrected chi connectivity index (χ1v) is 11.3. The number of nitrogens with zero attached hydrogens (tertiary/aromatic N) is 2. The standard InChI is InChI=1S/C26H26N2O6/c1-32-20-9-5-3-7-18(20)23-22(24(29)21-16-17-6-2-4-8-19(17)34-21)25(30)26(31)28(23)11-10-27-12-14-33-15-13-27/h2-9,16,23,30H,10-15H2,1H3/t23-/m1/s1. The number of carbonyl (C=O) groups excluding carboxylic acids is 2. The van der Waals surface area contributed by atoms with E-state index < -0.39 is 23.5 Å². The Labute approximate surface area is 197 Å². The minimum Gasteiger partial charge on any atom is -0.503 e. The van der Waals surface area contributed by atoms with Crippen molar-refractivity contribution in [1.82, 2.24) is 9.80 Å². The smallest absolute Gasteiger partial charge is 0.290 e. The minimum atomic E-state index is -0.801. The molecule has 34 heavy (non-hydrogen) atoms. The number of rotatable bonds is 7. The number of Topliss-reactive ketones (excluding diaryl/α,β-unsaturated/α-hetero) is 1. The van der Waals surface area contributed by atoms with E-state index in [4.69, 9.17) is 13.9 Å². The average Bonchev–Trinajstić information content (AvgIpc) is 3.42. The summed E-state index contributed by atoms with van der Waals surface area (Å²) in [6, 6.07) is 15.4. The SMILES string of the molecule is COc1ccccc1[C@@H]1C(C(=O)c2cc3ccccc3o2)=C(O)C(=O)N1CCN1CCOCC1. The molecule has 2 aromatic carbocycles. The van der Waals surface area contributed by atoms with E-state index in [2.05, 4.69) is 4.90 Å². The molecule has 1 atom stereocenters. The lowest BCUT2D eigenvalue weighted by molar-refractivity contribution is -0.129. The van der Waals surface area contributed by atoms with Crippen molar-refractivity contribution in [2.45, 2.75) is 6.04 Å². The number of furan rings is 1. The van der Waals surface area contributed by atoms with E-state index in [1.165, 1.54) is 7.11 Å². The van der Waals surface area contributed by atoms with Crippen LogP contribution in [0.5, 0.6) is 5.75 Å². The van der Waals surface area contributed by atoms with Crippen molar-refractivity contribution in [2.75, 3.05) is 46.5 Å². The van der Waals surface area contributed by atoms with Crippen molar-refractivity contribution in [3.63, 3.8) is 0 Å². The normalized spacial score (nSPS) is 19.3. The van der Waals surface area contributed by atoms with Gasteiger partial charge in [-0.1, -0.05) is 36.4 Å². The van der Waals surface area contributed by atoms with E-state index in [-0.39, 0.29) is 11.3 Å². The summed E-state index contributed by atoms with van der Waals surface area (Å²) in [5, 5.41) is 11.7. The first-order chi connectivity index (χ1) is 16.6. The quantitative estimate of drug-likeness (QED) is 0.539. The number of carbonyl (C=O) groups is 2. The van der Waals surface area contributed by atoms with E-state index in [0.29, 0.717) is 43.2 Å². The number of hydrogen-bond acceptors (Lipinski definition) is 7. The summed E-state index contributed by atoms with van der Waals surface area (Å²) in [6.45, 7) is 3.76. The molecule has 0 radical (unpaired) electrons. The molecule has 0 unspecified atom stereocenters. The fourth-order valence-corrected chi connectivity index (χ4v) is 4.63. The van der Waals surface area contributed by atoms with Gasteiger partial charge < -0.3 is 23.9 Å². The third kappa shape index (κ3) is 3.95. The molecule has 1 amide bonds. The van der Waals surface area contributed by atoms with Gasteiger partial charge in [-0.2, -0.15) is 0 Å². The van der Waals surface area contributed by atoms with Crippen LogP contribution in [0.25, 0.3) is 11.0 Å². The highest BCUT2D eigenvalue weighted by Gasteiger charge is 2.45. The molecule has 176 valence electrons. The summed E-state index contributed by atoms with van der Waals surface area (Å²) < 4.78 is 16.7. The zero-order chi connectivity index (χ0) is 23.7. The van der Waals surface area contributed by atoms with Crippen LogP contribution in [0.4, 0.5) is 0 Å². The third-order valence-corrected chi connectivity index (χ3v) is 6.39.